The van der Waals surface area contributed by atoms with E-state index in [1.54, 1.807) is 0 Å². The van der Waals surface area contributed by atoms with Crippen LogP contribution in [0, 0.1) is 0 Å². The van der Waals surface area contributed by atoms with Gasteiger partial charge in [-0.2, -0.15) is 0 Å². The van der Waals surface area contributed by atoms with Crippen LogP contribution in [0.15, 0.2) is 0 Å². The average Bonchev–Trinajstić information content (AvgIpc) is 1.33. The second-order valence-corrected chi connectivity index (χ2v) is 3.20. The van der Waals surface area contributed by atoms with Crippen molar-refractivity contribution < 1.29 is 15.0 Å². The fraction of sp³-hybridized carbons (Fsp3) is 0.667. The van der Waals surface area contributed by atoms with Gasteiger partial charge in [0.2, 0.25) is 0 Å². The summed E-state index contributed by atoms with van der Waals surface area (Å²) in [5.74, 6) is 0. The van der Waals surface area contributed by atoms with Crippen LogP contribution in [0.3, 0.4) is 0 Å². The Morgan fingerprint density at radius 2 is 1.62 bits per heavy atom. The van der Waals surface area contributed by atoms with E-state index in [9.17, 15) is 0 Å². The Balaban J connectivity index is -0.0000000575. The Bertz CT molecular complexity index is 43.8. The van der Waals surface area contributed by atoms with Gasteiger partial charge in [0.15, 0.2) is 0 Å². The molecule has 0 aliphatic rings. The van der Waals surface area contributed by atoms with Crippen LogP contribution < -0.4 is 0 Å². The normalized spacial score (nSPS) is 5.38. The first kappa shape index (κ1) is 16.9. The minimum atomic E-state index is -1.83. The van der Waals surface area contributed by atoms with Crippen molar-refractivity contribution in [3.63, 3.8) is 0 Å². The summed E-state index contributed by atoms with van der Waals surface area (Å²) < 4.78 is 1.44. The molecule has 0 aliphatic carbocycles. The third-order valence-corrected chi connectivity index (χ3v) is 0. The Morgan fingerprint density at radius 1 is 1.62 bits per heavy atom. The molecule has 0 aromatic rings. The fourth-order valence-corrected chi connectivity index (χ4v) is 0. The summed E-state index contributed by atoms with van der Waals surface area (Å²) in [6.45, 7) is 2.21. The molecule has 0 saturated carbocycles. The second kappa shape index (κ2) is 16.3. The second-order valence-electron chi connectivity index (χ2n) is 0.990. The molecule has 40 valence electrons. The zero-order valence-corrected chi connectivity index (χ0v) is 7.63. The fourth-order valence-electron chi connectivity index (χ4n) is 0. The molecule has 3 nitrogen and oxygen atoms in total. The molecule has 0 amide bonds. The van der Waals surface area contributed by atoms with Gasteiger partial charge in [0.25, 0.3) is 0 Å². The summed E-state index contributed by atoms with van der Waals surface area (Å²) in [6, 6.07) is 0. The number of carbonyl (C=O) groups is 1. The molecule has 5 heteroatoms. The van der Waals surface area contributed by atoms with E-state index >= 15 is 0 Å². The van der Waals surface area contributed by atoms with Crippen LogP contribution in [0.25, 0.3) is 0 Å². The number of rotatable bonds is 0. The number of hydrogen-bond donors (Lipinski definition) is 2. The van der Waals surface area contributed by atoms with E-state index in [2.05, 4.69) is 6.92 Å². The molecular weight excluding hydrogens is 162 g/mol. The van der Waals surface area contributed by atoms with Crippen molar-refractivity contribution in [2.24, 2.45) is 0 Å². The molecule has 0 aliphatic heterocycles. The standard InChI is InChI=1S/C2H5.CH2O3.2K.H/c1-2;2-1(3)4;;;/h1H2,2H3;(H2,2,3,4);;;. The topological polar surface area (TPSA) is 57.5 Å². The molecule has 0 rings (SSSR count). The maximum absolute atomic E-state index is 8.56. The van der Waals surface area contributed by atoms with Gasteiger partial charge in [-0.3, -0.25) is 0 Å². The van der Waals surface area contributed by atoms with Crippen LogP contribution in [-0.4, -0.2) is 117 Å². The number of hydrogen-bond acceptors (Lipinski definition) is 1. The molecule has 0 aromatic heterocycles. The van der Waals surface area contributed by atoms with Crippen LogP contribution in [0.4, 0.5) is 4.79 Å². The van der Waals surface area contributed by atoms with Gasteiger partial charge >= 0.3 is 114 Å². The van der Waals surface area contributed by atoms with Crippen molar-refractivity contribution in [1.29, 1.82) is 0 Å². The summed E-state index contributed by atoms with van der Waals surface area (Å²) in [4.78, 5) is 8.56. The predicted molar refractivity (Wildman–Crippen MR) is 34.0 cm³/mol. The first-order chi connectivity index (χ1) is 3.15. The van der Waals surface area contributed by atoms with Gasteiger partial charge in [-0.15, -0.1) is 0 Å². The monoisotopic (exact) mass is 170 g/mol. The molecule has 0 radical (unpaired) electrons. The molecule has 0 aromatic carbocycles. The summed E-state index contributed by atoms with van der Waals surface area (Å²) in [7, 11) is 0. The Kier molecular flexibility index (Phi) is 34.3. The summed E-state index contributed by atoms with van der Waals surface area (Å²) in [5.41, 5.74) is 0. The van der Waals surface area contributed by atoms with Crippen molar-refractivity contribution in [3.05, 3.63) is 0 Å². The van der Waals surface area contributed by atoms with Crippen molar-refractivity contribution in [2.75, 3.05) is 0 Å². The minimum absolute atomic E-state index is 0. The molecule has 0 unspecified atom stereocenters. The van der Waals surface area contributed by atoms with Gasteiger partial charge in [0.1, 0.15) is 0 Å². The third-order valence-electron chi connectivity index (χ3n) is 0. The van der Waals surface area contributed by atoms with Gasteiger partial charge in [-0.1, -0.05) is 0 Å². The number of carboxylic acid groups (broad SMARTS) is 2. The molecule has 0 spiro atoms. The van der Waals surface area contributed by atoms with E-state index in [-0.39, 0.29) is 51.4 Å². The molecule has 0 fully saturated rings. The van der Waals surface area contributed by atoms with E-state index in [4.69, 9.17) is 15.0 Å². The van der Waals surface area contributed by atoms with Gasteiger partial charge < -0.3 is 10.2 Å². The molecule has 0 atom stereocenters. The molecule has 0 saturated heterocycles. The molecule has 0 heterocycles. The van der Waals surface area contributed by atoms with Crippen molar-refractivity contribution in [2.45, 2.75) is 7.44 Å². The predicted octanol–water partition coefficient (Wildman–Crippen LogP) is 0.167. The van der Waals surface area contributed by atoms with Crippen LogP contribution in [-0.2, 0) is 0 Å². The van der Waals surface area contributed by atoms with E-state index in [1.165, 1.54) is 0.515 Å². The van der Waals surface area contributed by atoms with Gasteiger partial charge in [-0.25, -0.2) is 4.79 Å². The molecule has 0 bridgehead atoms. The van der Waals surface area contributed by atoms with E-state index in [1.807, 2.05) is 0 Å². The average molecular weight is 170 g/mol. The van der Waals surface area contributed by atoms with Crippen molar-refractivity contribution in [1.82, 2.24) is 0 Å². The van der Waals surface area contributed by atoms with E-state index < -0.39 is 6.16 Å². The first-order valence-corrected chi connectivity index (χ1v) is 4.27. The summed E-state index contributed by atoms with van der Waals surface area (Å²) in [6.07, 6.45) is -1.83. The van der Waals surface area contributed by atoms with Gasteiger partial charge in [0.05, 0.1) is 0 Å². The summed E-state index contributed by atoms with van der Waals surface area (Å²) in [5, 5.41) is 13.9. The summed E-state index contributed by atoms with van der Waals surface area (Å²) >= 11 is 1.10. The Hall–Kier alpha value is 2.54. The Labute approximate surface area is 125 Å². The first-order valence-electron chi connectivity index (χ1n) is 2.07. The quantitative estimate of drug-likeness (QED) is 0.509. The zero-order chi connectivity index (χ0) is 6.28. The van der Waals surface area contributed by atoms with Crippen LogP contribution in [0.2, 0.25) is 0.515 Å². The van der Waals surface area contributed by atoms with Crippen LogP contribution >= 0.6 is 0 Å². The molecule has 8 heavy (non-hydrogen) atoms. The third kappa shape index (κ3) is 75.2. The van der Waals surface area contributed by atoms with Crippen molar-refractivity contribution >= 4 is 106 Å². The SMILES string of the molecule is C[CH2][K].O=C(O)O.[KH]. The molecule has 2 N–H and O–H groups in total. The van der Waals surface area contributed by atoms with Crippen molar-refractivity contribution in [3.8, 4) is 0 Å². The van der Waals surface area contributed by atoms with Crippen LogP contribution in [0.5, 0.6) is 0 Å². The molecular formula is C3H8K2O3. The van der Waals surface area contributed by atoms with E-state index in [0.717, 1.165) is 49.0 Å². The van der Waals surface area contributed by atoms with E-state index in [0.29, 0.717) is 0 Å². The Morgan fingerprint density at radius 3 is 1.62 bits per heavy atom. The van der Waals surface area contributed by atoms with Gasteiger partial charge in [-0.05, 0) is 0 Å². The van der Waals surface area contributed by atoms with Crippen LogP contribution in [0.1, 0.15) is 6.92 Å². The maximum atomic E-state index is 8.56. The zero-order valence-electron chi connectivity index (χ0n) is 4.51. The van der Waals surface area contributed by atoms with Gasteiger partial charge in [0, 0.05) is 0 Å².